The topological polar surface area (TPSA) is 50.6 Å². The minimum absolute atomic E-state index is 0.0463. The highest BCUT2D eigenvalue weighted by atomic mass is 16.5. The van der Waals surface area contributed by atoms with Gasteiger partial charge >= 0.3 is 0 Å². The van der Waals surface area contributed by atoms with Crippen LogP contribution in [0.3, 0.4) is 0 Å². The Morgan fingerprint density at radius 1 is 1.35 bits per heavy atom. The zero-order valence-corrected chi connectivity index (χ0v) is 14.5. The molecule has 1 amide bonds. The average molecular weight is 320 g/mol. The molecule has 3 rings (SSSR count). The van der Waals surface area contributed by atoms with Crippen LogP contribution in [0.1, 0.15) is 37.2 Å². The molecular formula is C17H28N4O2. The molecule has 0 unspecified atom stereocenters. The smallest absolute Gasteiger partial charge is 0.274 e. The zero-order valence-electron chi connectivity index (χ0n) is 14.5. The molecule has 0 aliphatic carbocycles. The third kappa shape index (κ3) is 3.58. The fourth-order valence-corrected chi connectivity index (χ4v) is 3.79. The first-order chi connectivity index (χ1) is 11.0. The number of ether oxygens (including phenoxy) is 1. The Balaban J connectivity index is 1.75. The van der Waals surface area contributed by atoms with Crippen molar-refractivity contribution >= 4 is 5.91 Å². The Bertz CT molecular complexity index is 557. The van der Waals surface area contributed by atoms with E-state index >= 15 is 0 Å². The van der Waals surface area contributed by atoms with E-state index in [0.29, 0.717) is 11.7 Å². The van der Waals surface area contributed by atoms with Gasteiger partial charge in [-0.1, -0.05) is 0 Å². The number of amides is 1. The molecule has 0 bridgehead atoms. The number of nitrogens with zero attached hydrogens (tertiary/aromatic N) is 4. The van der Waals surface area contributed by atoms with Gasteiger partial charge in [-0.25, -0.2) is 0 Å². The van der Waals surface area contributed by atoms with Crippen LogP contribution in [-0.4, -0.2) is 70.9 Å². The Kier molecular flexibility index (Phi) is 4.73. The summed E-state index contributed by atoms with van der Waals surface area (Å²) in [6.07, 6.45) is 3.98. The molecule has 0 N–H and O–H groups in total. The number of carbonyl (C=O) groups is 1. The standard InChI is InChI=1S/C17H28N4O2/c1-14(2)20-9-10-23-13-17(11-20)6-4-7-21(12-17)16(22)15-5-8-19(3)18-15/h5,8,14H,4,6-7,9-13H2,1-3H3/t17-/m0/s1. The number of hydrogen-bond donors (Lipinski definition) is 0. The summed E-state index contributed by atoms with van der Waals surface area (Å²) in [5.41, 5.74) is 0.600. The molecule has 2 aliphatic heterocycles. The quantitative estimate of drug-likeness (QED) is 0.826. The third-order valence-electron chi connectivity index (χ3n) is 5.08. The summed E-state index contributed by atoms with van der Waals surface area (Å²) in [6, 6.07) is 2.31. The van der Waals surface area contributed by atoms with Gasteiger partial charge in [-0.3, -0.25) is 14.4 Å². The lowest BCUT2D eigenvalue weighted by Crippen LogP contribution is -2.53. The molecule has 2 aliphatic rings. The summed E-state index contributed by atoms with van der Waals surface area (Å²) < 4.78 is 7.59. The Morgan fingerprint density at radius 2 is 2.17 bits per heavy atom. The number of carbonyl (C=O) groups excluding carboxylic acids is 1. The molecule has 0 aromatic carbocycles. The van der Waals surface area contributed by atoms with Gasteiger partial charge in [0, 0.05) is 50.9 Å². The second kappa shape index (κ2) is 6.61. The largest absolute Gasteiger partial charge is 0.379 e. The Hall–Kier alpha value is -1.40. The highest BCUT2D eigenvalue weighted by Gasteiger charge is 2.41. The highest BCUT2D eigenvalue weighted by molar-refractivity contribution is 5.92. The van der Waals surface area contributed by atoms with E-state index in [1.807, 2.05) is 18.1 Å². The van der Waals surface area contributed by atoms with Crippen molar-refractivity contribution in [1.82, 2.24) is 19.6 Å². The van der Waals surface area contributed by atoms with E-state index in [2.05, 4.69) is 23.8 Å². The second-order valence-corrected chi connectivity index (χ2v) is 7.32. The number of rotatable bonds is 2. The van der Waals surface area contributed by atoms with Gasteiger partial charge < -0.3 is 9.64 Å². The lowest BCUT2D eigenvalue weighted by atomic mass is 9.79. The van der Waals surface area contributed by atoms with Crippen LogP contribution in [0.2, 0.25) is 0 Å². The number of hydrogen-bond acceptors (Lipinski definition) is 4. The van der Waals surface area contributed by atoms with E-state index < -0.39 is 0 Å². The Morgan fingerprint density at radius 3 is 2.87 bits per heavy atom. The normalized spacial score (nSPS) is 26.7. The summed E-state index contributed by atoms with van der Waals surface area (Å²) in [4.78, 5) is 17.2. The van der Waals surface area contributed by atoms with Crippen LogP contribution in [0.5, 0.6) is 0 Å². The van der Waals surface area contributed by atoms with Gasteiger partial charge in [0.2, 0.25) is 0 Å². The van der Waals surface area contributed by atoms with Crippen molar-refractivity contribution in [3.05, 3.63) is 18.0 Å². The molecule has 3 heterocycles. The monoisotopic (exact) mass is 320 g/mol. The second-order valence-electron chi connectivity index (χ2n) is 7.32. The molecule has 1 aromatic heterocycles. The summed E-state index contributed by atoms with van der Waals surface area (Å²) in [5.74, 6) is 0.0463. The van der Waals surface area contributed by atoms with Crippen molar-refractivity contribution in [3.8, 4) is 0 Å². The summed E-state index contributed by atoms with van der Waals surface area (Å²) in [5, 5.41) is 4.26. The van der Waals surface area contributed by atoms with E-state index in [1.165, 1.54) is 0 Å². The molecule has 2 saturated heterocycles. The first-order valence-corrected chi connectivity index (χ1v) is 8.60. The van der Waals surface area contributed by atoms with E-state index in [-0.39, 0.29) is 11.3 Å². The van der Waals surface area contributed by atoms with Crippen molar-refractivity contribution in [1.29, 1.82) is 0 Å². The predicted octanol–water partition coefficient (Wildman–Crippen LogP) is 1.38. The van der Waals surface area contributed by atoms with Crippen LogP contribution in [0.4, 0.5) is 0 Å². The molecule has 1 aromatic rings. The lowest BCUT2D eigenvalue weighted by Gasteiger charge is -2.44. The van der Waals surface area contributed by atoms with E-state index in [9.17, 15) is 4.79 Å². The summed E-state index contributed by atoms with van der Waals surface area (Å²) >= 11 is 0. The van der Waals surface area contributed by atoms with Crippen LogP contribution in [0, 0.1) is 5.41 Å². The van der Waals surface area contributed by atoms with Gasteiger partial charge in [-0.2, -0.15) is 5.10 Å². The van der Waals surface area contributed by atoms with Crippen molar-refractivity contribution in [2.24, 2.45) is 12.5 Å². The number of aromatic nitrogens is 2. The van der Waals surface area contributed by atoms with Crippen LogP contribution in [0.15, 0.2) is 12.3 Å². The maximum atomic E-state index is 12.7. The fraction of sp³-hybridized carbons (Fsp3) is 0.765. The summed E-state index contributed by atoms with van der Waals surface area (Å²) in [7, 11) is 1.84. The Labute approximate surface area is 138 Å². The van der Waals surface area contributed by atoms with Crippen molar-refractivity contribution < 1.29 is 9.53 Å². The lowest BCUT2D eigenvalue weighted by molar-refractivity contribution is 0.00547. The van der Waals surface area contributed by atoms with Crippen LogP contribution < -0.4 is 0 Å². The van der Waals surface area contributed by atoms with Crippen LogP contribution in [-0.2, 0) is 11.8 Å². The summed E-state index contributed by atoms with van der Waals surface area (Å²) in [6.45, 7) is 9.59. The molecule has 1 atom stereocenters. The molecule has 128 valence electrons. The first kappa shape index (κ1) is 16.5. The zero-order chi connectivity index (χ0) is 16.4. The molecule has 1 spiro atoms. The van der Waals surface area contributed by atoms with Crippen molar-refractivity contribution in [2.75, 3.05) is 39.4 Å². The van der Waals surface area contributed by atoms with Gasteiger partial charge in [0.25, 0.3) is 5.91 Å². The van der Waals surface area contributed by atoms with Gasteiger partial charge in [-0.15, -0.1) is 0 Å². The van der Waals surface area contributed by atoms with E-state index in [0.717, 1.165) is 52.2 Å². The van der Waals surface area contributed by atoms with Gasteiger partial charge in [-0.05, 0) is 32.8 Å². The number of likely N-dealkylation sites (tertiary alicyclic amines) is 1. The first-order valence-electron chi connectivity index (χ1n) is 8.60. The number of piperidine rings is 1. The predicted molar refractivity (Wildman–Crippen MR) is 88.3 cm³/mol. The molecule has 6 nitrogen and oxygen atoms in total. The minimum atomic E-state index is 0.0463. The third-order valence-corrected chi connectivity index (χ3v) is 5.08. The maximum absolute atomic E-state index is 12.7. The molecule has 2 fully saturated rings. The van der Waals surface area contributed by atoms with Crippen LogP contribution >= 0.6 is 0 Å². The van der Waals surface area contributed by atoms with Gasteiger partial charge in [0.1, 0.15) is 5.69 Å². The number of aryl methyl sites for hydroxylation is 1. The van der Waals surface area contributed by atoms with Crippen molar-refractivity contribution in [3.63, 3.8) is 0 Å². The van der Waals surface area contributed by atoms with E-state index in [1.54, 1.807) is 10.7 Å². The van der Waals surface area contributed by atoms with Gasteiger partial charge in [0.15, 0.2) is 0 Å². The minimum Gasteiger partial charge on any atom is -0.379 e. The molecule has 0 radical (unpaired) electrons. The van der Waals surface area contributed by atoms with E-state index in [4.69, 9.17) is 4.74 Å². The molecule has 23 heavy (non-hydrogen) atoms. The van der Waals surface area contributed by atoms with Gasteiger partial charge in [0.05, 0.1) is 13.2 Å². The SMILES string of the molecule is CC(C)N1CCOC[C@@]2(CCCN(C(=O)c3ccn(C)n3)C2)C1. The highest BCUT2D eigenvalue weighted by Crippen LogP contribution is 2.34. The molecular weight excluding hydrogens is 292 g/mol. The average Bonchev–Trinajstić information content (AvgIpc) is 2.85. The van der Waals surface area contributed by atoms with Crippen molar-refractivity contribution in [2.45, 2.75) is 32.7 Å². The fourth-order valence-electron chi connectivity index (χ4n) is 3.79. The molecule has 0 saturated carbocycles. The molecule has 6 heteroatoms. The van der Waals surface area contributed by atoms with Crippen LogP contribution in [0.25, 0.3) is 0 Å². The maximum Gasteiger partial charge on any atom is 0.274 e.